The molecule has 0 saturated heterocycles. The van der Waals surface area contributed by atoms with Crippen LogP contribution >= 0.6 is 11.3 Å². The minimum atomic E-state index is 1.01. The van der Waals surface area contributed by atoms with Crippen LogP contribution in [0.4, 0.5) is 0 Å². The molecule has 28 heavy (non-hydrogen) atoms. The van der Waals surface area contributed by atoms with E-state index in [9.17, 15) is 0 Å². The summed E-state index contributed by atoms with van der Waals surface area (Å²) >= 11 is 1.83. The largest absolute Gasteiger partial charge is 0.144 e. The molecule has 0 amide bonds. The summed E-state index contributed by atoms with van der Waals surface area (Å²) in [6.45, 7) is 0. The van der Waals surface area contributed by atoms with Crippen LogP contribution in [-0.4, -0.2) is 0 Å². The molecule has 0 fully saturated rings. The third kappa shape index (κ3) is 2.44. The number of thiophene rings is 1. The molecule has 4 aromatic carbocycles. The van der Waals surface area contributed by atoms with Crippen LogP contribution in [0.15, 0.2) is 90.3 Å². The van der Waals surface area contributed by atoms with Gasteiger partial charge in [0.15, 0.2) is 0 Å². The van der Waals surface area contributed by atoms with Crippen LogP contribution in [0, 0.1) is 0 Å². The Morgan fingerprint density at radius 2 is 1.43 bits per heavy atom. The lowest BCUT2D eigenvalue weighted by Gasteiger charge is -2.13. The Balaban J connectivity index is 1.55. The normalized spacial score (nSPS) is 13.1. The SMILES string of the molecule is C1=C(c2cccs2)Cc2c1cccc2-c1cccc2cc3ccccc3cc12. The average Bonchev–Trinajstić information content (AvgIpc) is 3.41. The minimum absolute atomic E-state index is 1.01. The minimum Gasteiger partial charge on any atom is -0.144 e. The molecule has 0 unspecified atom stereocenters. The van der Waals surface area contributed by atoms with Crippen LogP contribution in [0.5, 0.6) is 0 Å². The fourth-order valence-electron chi connectivity index (χ4n) is 4.44. The summed E-state index contributed by atoms with van der Waals surface area (Å²) in [4.78, 5) is 1.38. The number of fused-ring (bicyclic) bond motifs is 3. The molecule has 0 N–H and O–H groups in total. The Morgan fingerprint density at radius 1 is 0.643 bits per heavy atom. The monoisotopic (exact) mass is 374 g/mol. The molecule has 1 aliphatic rings. The van der Waals surface area contributed by atoms with Crippen molar-refractivity contribution in [2.45, 2.75) is 6.42 Å². The van der Waals surface area contributed by atoms with E-state index in [0.29, 0.717) is 0 Å². The number of allylic oxidation sites excluding steroid dienone is 1. The zero-order valence-electron chi connectivity index (χ0n) is 15.4. The molecule has 0 aliphatic heterocycles. The lowest BCUT2D eigenvalue weighted by atomic mass is 9.91. The highest BCUT2D eigenvalue weighted by molar-refractivity contribution is 7.11. The molecule has 0 nitrogen and oxygen atoms in total. The number of hydrogen-bond acceptors (Lipinski definition) is 1. The van der Waals surface area contributed by atoms with Crippen LogP contribution in [0.2, 0.25) is 0 Å². The van der Waals surface area contributed by atoms with Gasteiger partial charge in [0, 0.05) is 11.3 Å². The molecule has 1 aromatic heterocycles. The van der Waals surface area contributed by atoms with E-state index in [4.69, 9.17) is 0 Å². The number of hydrogen-bond donors (Lipinski definition) is 0. The van der Waals surface area contributed by atoms with Gasteiger partial charge in [0.05, 0.1) is 0 Å². The molecule has 132 valence electrons. The van der Waals surface area contributed by atoms with Gasteiger partial charge in [-0.25, -0.2) is 0 Å². The summed E-state index contributed by atoms with van der Waals surface area (Å²) in [6, 6.07) is 31.1. The maximum absolute atomic E-state index is 2.37. The lowest BCUT2D eigenvalue weighted by Crippen LogP contribution is -1.91. The van der Waals surface area contributed by atoms with E-state index >= 15 is 0 Å². The standard InChI is InChI=1S/C27H18S/c1-2-7-19-16-25-20(14-18(19)6-1)8-3-10-23(25)24-11-4-9-21-15-22(17-26(21)24)27-12-5-13-28-27/h1-16H,17H2. The molecule has 0 bridgehead atoms. The number of benzene rings is 4. The molecule has 1 aliphatic carbocycles. The van der Waals surface area contributed by atoms with Crippen molar-refractivity contribution in [1.29, 1.82) is 0 Å². The van der Waals surface area contributed by atoms with Crippen LogP contribution < -0.4 is 0 Å². The first-order valence-corrected chi connectivity index (χ1v) is 10.5. The van der Waals surface area contributed by atoms with Crippen molar-refractivity contribution in [2.24, 2.45) is 0 Å². The Morgan fingerprint density at radius 3 is 2.29 bits per heavy atom. The van der Waals surface area contributed by atoms with Gasteiger partial charge in [-0.2, -0.15) is 0 Å². The Labute approximate surface area is 168 Å². The van der Waals surface area contributed by atoms with Crippen molar-refractivity contribution in [3.05, 3.63) is 106 Å². The van der Waals surface area contributed by atoms with Crippen molar-refractivity contribution >= 4 is 44.5 Å². The summed E-state index contributed by atoms with van der Waals surface area (Å²) in [5.74, 6) is 0. The highest BCUT2D eigenvalue weighted by Crippen LogP contribution is 2.41. The zero-order chi connectivity index (χ0) is 18.5. The van der Waals surface area contributed by atoms with Crippen LogP contribution in [0.3, 0.4) is 0 Å². The summed E-state index contributed by atoms with van der Waals surface area (Å²) in [6.07, 6.45) is 3.38. The van der Waals surface area contributed by atoms with E-state index in [1.807, 2.05) is 11.3 Å². The van der Waals surface area contributed by atoms with Gasteiger partial charge in [-0.15, -0.1) is 11.3 Å². The van der Waals surface area contributed by atoms with E-state index < -0.39 is 0 Å². The zero-order valence-corrected chi connectivity index (χ0v) is 16.2. The van der Waals surface area contributed by atoms with Gasteiger partial charge < -0.3 is 0 Å². The third-order valence-corrected chi connectivity index (χ3v) is 6.73. The molecule has 0 atom stereocenters. The van der Waals surface area contributed by atoms with Crippen LogP contribution in [0.25, 0.3) is 44.3 Å². The van der Waals surface area contributed by atoms with Gasteiger partial charge >= 0.3 is 0 Å². The molecular formula is C27H18S. The lowest BCUT2D eigenvalue weighted by molar-refractivity contribution is 1.33. The quantitative estimate of drug-likeness (QED) is 0.276. The van der Waals surface area contributed by atoms with Gasteiger partial charge in [-0.1, -0.05) is 66.7 Å². The van der Waals surface area contributed by atoms with E-state index in [2.05, 4.69) is 96.4 Å². The van der Waals surface area contributed by atoms with Gasteiger partial charge in [0.25, 0.3) is 0 Å². The maximum Gasteiger partial charge on any atom is 0.0305 e. The Hall–Kier alpha value is -3.16. The van der Waals surface area contributed by atoms with Crippen LogP contribution in [0.1, 0.15) is 16.0 Å². The van der Waals surface area contributed by atoms with Crippen LogP contribution in [-0.2, 0) is 6.42 Å². The first-order valence-electron chi connectivity index (χ1n) is 9.65. The second-order valence-electron chi connectivity index (χ2n) is 7.42. The fraction of sp³-hybridized carbons (Fsp3) is 0.0370. The van der Waals surface area contributed by atoms with Gasteiger partial charge in [0.2, 0.25) is 0 Å². The third-order valence-electron chi connectivity index (χ3n) is 5.78. The number of rotatable bonds is 2. The van der Waals surface area contributed by atoms with E-state index in [0.717, 1.165) is 6.42 Å². The second-order valence-corrected chi connectivity index (χ2v) is 8.37. The summed E-state index contributed by atoms with van der Waals surface area (Å²) < 4.78 is 0. The van der Waals surface area contributed by atoms with E-state index in [-0.39, 0.29) is 0 Å². The second kappa shape index (κ2) is 6.19. The van der Waals surface area contributed by atoms with Gasteiger partial charge in [-0.05, 0) is 79.0 Å². The smallest absolute Gasteiger partial charge is 0.0305 e. The van der Waals surface area contributed by atoms with E-state index in [1.165, 1.54) is 54.2 Å². The highest BCUT2D eigenvalue weighted by atomic mass is 32.1. The predicted octanol–water partition coefficient (Wildman–Crippen LogP) is 7.82. The molecule has 0 spiro atoms. The van der Waals surface area contributed by atoms with Gasteiger partial charge in [0.1, 0.15) is 0 Å². The summed E-state index contributed by atoms with van der Waals surface area (Å²) in [5, 5.41) is 7.40. The molecule has 1 heteroatoms. The van der Waals surface area contributed by atoms with E-state index in [1.54, 1.807) is 0 Å². The molecule has 1 heterocycles. The summed E-state index contributed by atoms with van der Waals surface area (Å²) in [7, 11) is 0. The molecule has 5 aromatic rings. The van der Waals surface area contributed by atoms with Crippen molar-refractivity contribution in [3.63, 3.8) is 0 Å². The molecule has 0 saturated carbocycles. The molecule has 6 rings (SSSR count). The van der Waals surface area contributed by atoms with Crippen molar-refractivity contribution in [3.8, 4) is 11.1 Å². The Bertz CT molecular complexity index is 1370. The fourth-order valence-corrected chi connectivity index (χ4v) is 5.18. The average molecular weight is 375 g/mol. The van der Waals surface area contributed by atoms with Crippen molar-refractivity contribution in [1.82, 2.24) is 0 Å². The molecular weight excluding hydrogens is 356 g/mol. The summed E-state index contributed by atoms with van der Waals surface area (Å²) in [5.41, 5.74) is 6.94. The van der Waals surface area contributed by atoms with Gasteiger partial charge in [-0.3, -0.25) is 0 Å². The molecule has 0 radical (unpaired) electrons. The Kier molecular flexibility index (Phi) is 3.50. The topological polar surface area (TPSA) is 0 Å². The maximum atomic E-state index is 2.37. The highest BCUT2D eigenvalue weighted by Gasteiger charge is 2.19. The van der Waals surface area contributed by atoms with Crippen molar-refractivity contribution < 1.29 is 0 Å². The predicted molar refractivity (Wildman–Crippen MR) is 123 cm³/mol. The first kappa shape index (κ1) is 15.9. The van der Waals surface area contributed by atoms with Crippen molar-refractivity contribution in [2.75, 3.05) is 0 Å². The first-order chi connectivity index (χ1) is 13.9.